The number of benzene rings is 4. The smallest absolute Gasteiger partial charge is 0.309 e. The molecule has 0 fully saturated rings. The minimum absolute atomic E-state index is 0.147. The zero-order chi connectivity index (χ0) is 30.0. The third-order valence-electron chi connectivity index (χ3n) is 6.57. The summed E-state index contributed by atoms with van der Waals surface area (Å²) in [5.41, 5.74) is 5.22. The molecule has 8 nitrogen and oxygen atoms in total. The van der Waals surface area contributed by atoms with Gasteiger partial charge in [0, 0.05) is 38.0 Å². The quantitative estimate of drug-likeness (QED) is 0.211. The van der Waals surface area contributed by atoms with Crippen LogP contribution in [0.1, 0.15) is 12.5 Å². The Morgan fingerprint density at radius 3 is 2.02 bits per heavy atom. The number of esters is 1. The van der Waals surface area contributed by atoms with E-state index in [1.54, 1.807) is 60.7 Å². The molecule has 5 aromatic rings. The highest BCUT2D eigenvalue weighted by molar-refractivity contribution is 7.92. The summed E-state index contributed by atoms with van der Waals surface area (Å²) in [6.07, 6.45) is 0. The number of carbonyl (C=O) groups is 1. The molecule has 0 spiro atoms. The summed E-state index contributed by atoms with van der Waals surface area (Å²) in [7, 11) is 0.0833. The van der Waals surface area contributed by atoms with E-state index in [9.17, 15) is 17.6 Å². The lowest BCUT2D eigenvalue weighted by Gasteiger charge is -2.13. The highest BCUT2D eigenvalue weighted by atomic mass is 32.2. The number of anilines is 2. The van der Waals surface area contributed by atoms with Crippen LogP contribution in [0.4, 0.5) is 15.8 Å². The summed E-state index contributed by atoms with van der Waals surface area (Å²) in [5.74, 6) is -0.825. The molecule has 0 amide bonds. The predicted molar refractivity (Wildman–Crippen MR) is 162 cm³/mol. The van der Waals surface area contributed by atoms with Crippen molar-refractivity contribution >= 4 is 27.4 Å². The van der Waals surface area contributed by atoms with Gasteiger partial charge in [0.25, 0.3) is 10.0 Å². The molecule has 0 unspecified atom stereocenters. The van der Waals surface area contributed by atoms with E-state index in [0.717, 1.165) is 16.8 Å². The van der Waals surface area contributed by atoms with E-state index in [-0.39, 0.29) is 10.8 Å². The van der Waals surface area contributed by atoms with Crippen LogP contribution in [0.3, 0.4) is 0 Å². The molecule has 1 N–H and O–H groups in total. The van der Waals surface area contributed by atoms with Crippen molar-refractivity contribution in [3.63, 3.8) is 0 Å². The van der Waals surface area contributed by atoms with E-state index < -0.39 is 21.8 Å². The number of nitrogens with one attached hydrogen (secondary N) is 1. The largest absolute Gasteiger partial charge is 0.407 e. The van der Waals surface area contributed by atoms with Crippen molar-refractivity contribution in [3.8, 4) is 34.0 Å². The lowest BCUT2D eigenvalue weighted by molar-refractivity contribution is -0.132. The normalized spacial score (nSPS) is 11.3. The average molecular weight is 585 g/mol. The molecule has 0 radical (unpaired) electrons. The van der Waals surface area contributed by atoms with Gasteiger partial charge < -0.3 is 9.64 Å². The molecule has 0 saturated carbocycles. The average Bonchev–Trinajstić information content (AvgIpc) is 3.32. The number of halogens is 1. The summed E-state index contributed by atoms with van der Waals surface area (Å²) in [4.78, 5) is 14.4. The Balaban J connectivity index is 1.62. The SMILES string of the molecule is CC(=O)Oc1c(-c2ccc(NS(=O)(=O)c3ccc(C)cc3)cc2)c(-c2ccc(N(C)C)cc2)nn1-c1ccc(F)cc1. The summed E-state index contributed by atoms with van der Waals surface area (Å²) in [5, 5.41) is 4.80. The minimum Gasteiger partial charge on any atom is -0.407 e. The Hall–Kier alpha value is -4.96. The highest BCUT2D eigenvalue weighted by Crippen LogP contribution is 2.41. The van der Waals surface area contributed by atoms with Crippen molar-refractivity contribution in [2.45, 2.75) is 18.7 Å². The van der Waals surface area contributed by atoms with Gasteiger partial charge in [0.1, 0.15) is 11.5 Å². The van der Waals surface area contributed by atoms with E-state index in [1.807, 2.05) is 50.2 Å². The number of nitrogens with zero attached hydrogens (tertiary/aromatic N) is 3. The molecule has 5 rings (SSSR count). The van der Waals surface area contributed by atoms with Crippen LogP contribution in [0, 0.1) is 12.7 Å². The Kier molecular flexibility index (Phi) is 7.82. The van der Waals surface area contributed by atoms with Gasteiger partial charge in [0.05, 0.1) is 16.1 Å². The van der Waals surface area contributed by atoms with Crippen LogP contribution < -0.4 is 14.4 Å². The van der Waals surface area contributed by atoms with Gasteiger partial charge in [-0.2, -0.15) is 9.78 Å². The number of hydrogen-bond donors (Lipinski definition) is 1. The number of carbonyl (C=O) groups excluding carboxylic acids is 1. The first-order valence-corrected chi connectivity index (χ1v) is 14.6. The molecule has 0 aliphatic heterocycles. The first kappa shape index (κ1) is 28.6. The fraction of sp³-hybridized carbons (Fsp3) is 0.125. The molecule has 1 heterocycles. The third-order valence-corrected chi connectivity index (χ3v) is 7.97. The maximum atomic E-state index is 13.7. The standard InChI is InChI=1S/C32H29FN4O4S/c1-21-5-19-29(20-6-21)42(39,40)35-26-13-7-23(8-14-26)30-31(24-9-15-27(16-10-24)36(3)4)34-37(32(30)41-22(2)38)28-17-11-25(33)12-18-28/h5-20,35H,1-4H3. The third kappa shape index (κ3) is 6.03. The monoisotopic (exact) mass is 584 g/mol. The molecule has 214 valence electrons. The highest BCUT2D eigenvalue weighted by Gasteiger charge is 2.25. The fourth-order valence-electron chi connectivity index (χ4n) is 4.41. The summed E-state index contributed by atoms with van der Waals surface area (Å²) in [6, 6.07) is 26.7. The summed E-state index contributed by atoms with van der Waals surface area (Å²) >= 11 is 0. The number of aryl methyl sites for hydroxylation is 1. The first-order chi connectivity index (χ1) is 20.0. The number of aromatic nitrogens is 2. The second kappa shape index (κ2) is 11.5. The molecule has 10 heteroatoms. The van der Waals surface area contributed by atoms with Crippen molar-refractivity contribution < 1.29 is 22.3 Å². The molecule has 0 aliphatic rings. The van der Waals surface area contributed by atoms with Crippen molar-refractivity contribution in [2.24, 2.45) is 0 Å². The molecule has 1 aromatic heterocycles. The summed E-state index contributed by atoms with van der Waals surface area (Å²) < 4.78 is 49.4. The Bertz CT molecular complexity index is 1830. The molecular formula is C32H29FN4O4S. The van der Waals surface area contributed by atoms with E-state index in [2.05, 4.69) is 4.72 Å². The molecule has 42 heavy (non-hydrogen) atoms. The van der Waals surface area contributed by atoms with Crippen LogP contribution in [0.5, 0.6) is 5.88 Å². The van der Waals surface area contributed by atoms with Gasteiger partial charge in [-0.3, -0.25) is 9.52 Å². The van der Waals surface area contributed by atoms with Gasteiger partial charge in [-0.05, 0) is 73.2 Å². The molecule has 0 bridgehead atoms. The number of rotatable bonds is 8. The molecule has 0 aliphatic carbocycles. The number of hydrogen-bond acceptors (Lipinski definition) is 6. The first-order valence-electron chi connectivity index (χ1n) is 13.1. The van der Waals surface area contributed by atoms with Crippen molar-refractivity contribution in [1.82, 2.24) is 9.78 Å². The van der Waals surface area contributed by atoms with Crippen LogP contribution in [0.2, 0.25) is 0 Å². The minimum atomic E-state index is -3.80. The van der Waals surface area contributed by atoms with Crippen LogP contribution in [-0.2, 0) is 14.8 Å². The zero-order valence-corrected chi connectivity index (χ0v) is 24.3. The molecular weight excluding hydrogens is 555 g/mol. The van der Waals surface area contributed by atoms with Crippen LogP contribution in [-0.4, -0.2) is 38.3 Å². The van der Waals surface area contributed by atoms with Crippen molar-refractivity contribution in [1.29, 1.82) is 0 Å². The van der Waals surface area contributed by atoms with E-state index in [4.69, 9.17) is 9.84 Å². The van der Waals surface area contributed by atoms with Crippen molar-refractivity contribution in [3.05, 3.63) is 108 Å². The Labute approximate surface area is 244 Å². The second-order valence-corrected chi connectivity index (χ2v) is 11.6. The predicted octanol–water partition coefficient (Wildman–Crippen LogP) is 6.45. The molecule has 0 atom stereocenters. The second-order valence-electron chi connectivity index (χ2n) is 9.95. The summed E-state index contributed by atoms with van der Waals surface area (Å²) in [6.45, 7) is 3.18. The van der Waals surface area contributed by atoms with Crippen LogP contribution in [0.15, 0.2) is 102 Å². The molecule has 4 aromatic carbocycles. The van der Waals surface area contributed by atoms with Gasteiger partial charge in [-0.15, -0.1) is 0 Å². The Morgan fingerprint density at radius 1 is 0.857 bits per heavy atom. The van der Waals surface area contributed by atoms with Gasteiger partial charge in [-0.1, -0.05) is 42.0 Å². The molecule has 0 saturated heterocycles. The lowest BCUT2D eigenvalue weighted by atomic mass is 10.0. The lowest BCUT2D eigenvalue weighted by Crippen LogP contribution is -2.12. The maximum absolute atomic E-state index is 13.7. The number of ether oxygens (including phenoxy) is 1. The maximum Gasteiger partial charge on any atom is 0.309 e. The van der Waals surface area contributed by atoms with Gasteiger partial charge in [0.15, 0.2) is 0 Å². The number of sulfonamides is 1. The topological polar surface area (TPSA) is 93.5 Å². The zero-order valence-electron chi connectivity index (χ0n) is 23.5. The Morgan fingerprint density at radius 2 is 1.45 bits per heavy atom. The fourth-order valence-corrected chi connectivity index (χ4v) is 5.47. The van der Waals surface area contributed by atoms with Gasteiger partial charge in [-0.25, -0.2) is 12.8 Å². The van der Waals surface area contributed by atoms with Crippen LogP contribution in [0.25, 0.3) is 28.1 Å². The van der Waals surface area contributed by atoms with Crippen molar-refractivity contribution in [2.75, 3.05) is 23.7 Å². The van der Waals surface area contributed by atoms with Gasteiger partial charge >= 0.3 is 5.97 Å². The van der Waals surface area contributed by atoms with E-state index in [1.165, 1.54) is 23.7 Å². The van der Waals surface area contributed by atoms with E-state index in [0.29, 0.717) is 28.2 Å². The van der Waals surface area contributed by atoms with Crippen LogP contribution >= 0.6 is 0 Å². The van der Waals surface area contributed by atoms with Gasteiger partial charge in [0.2, 0.25) is 5.88 Å². The van der Waals surface area contributed by atoms with E-state index >= 15 is 0 Å².